The fourth-order valence-electron chi connectivity index (χ4n) is 4.10. The molecule has 0 spiro atoms. The van der Waals surface area contributed by atoms with E-state index in [1.807, 2.05) is 22.6 Å². The molecular weight excluding hydrogens is 375 g/mol. The molecule has 1 fully saturated rings. The first-order valence-electron chi connectivity index (χ1n) is 9.63. The Morgan fingerprint density at radius 3 is 2.81 bits per heavy atom. The van der Waals surface area contributed by atoms with Crippen LogP contribution in [-0.4, -0.2) is 21.2 Å². The highest BCUT2D eigenvalue weighted by Gasteiger charge is 2.34. The van der Waals surface area contributed by atoms with Crippen molar-refractivity contribution in [3.8, 4) is 11.3 Å². The third-order valence-corrected chi connectivity index (χ3v) is 7.44. The number of hydrogen-bond acceptors (Lipinski definition) is 4. The van der Waals surface area contributed by atoms with Crippen LogP contribution in [0.3, 0.4) is 0 Å². The SMILES string of the molecule is CC(C)[C@@H]1CC[C@@H](C)C[C@H]1OC(=O)c1pnc2scc(-c3ccccc3)n12. The molecule has 1 saturated carbocycles. The Kier molecular flexibility index (Phi) is 5.34. The van der Waals surface area contributed by atoms with Crippen LogP contribution in [0, 0.1) is 17.8 Å². The maximum absolute atomic E-state index is 13.1. The smallest absolute Gasteiger partial charge is 0.362 e. The first-order valence-corrected chi connectivity index (χ1v) is 11.4. The summed E-state index contributed by atoms with van der Waals surface area (Å²) in [7, 11) is 0.680. The quantitative estimate of drug-likeness (QED) is 0.486. The van der Waals surface area contributed by atoms with Gasteiger partial charge >= 0.3 is 5.97 Å². The van der Waals surface area contributed by atoms with Crippen LogP contribution in [0.25, 0.3) is 16.2 Å². The standard InChI is InChI=1S/C21H25N2O2PS/c1-13(2)16-10-9-14(3)11-18(16)25-20(24)19-23-17(12-27-21(23)22-26-19)15-7-5-4-6-8-15/h4-8,12-14,16,18H,9-11H2,1-3H3/t14-,16+,18-/m1/s1. The lowest BCUT2D eigenvalue weighted by molar-refractivity contribution is -0.0175. The third kappa shape index (κ3) is 3.68. The number of esters is 1. The summed E-state index contributed by atoms with van der Waals surface area (Å²) in [5.41, 5.74) is 2.71. The first-order chi connectivity index (χ1) is 13.0. The van der Waals surface area contributed by atoms with Gasteiger partial charge in [-0.25, -0.2) is 4.79 Å². The van der Waals surface area contributed by atoms with Gasteiger partial charge in [0, 0.05) is 5.38 Å². The minimum atomic E-state index is -0.218. The number of hydrogen-bond donors (Lipinski definition) is 0. The lowest BCUT2D eigenvalue weighted by Gasteiger charge is -2.36. The zero-order chi connectivity index (χ0) is 19.0. The summed E-state index contributed by atoms with van der Waals surface area (Å²) in [4.78, 5) is 14.0. The number of aromatic nitrogens is 2. The largest absolute Gasteiger partial charge is 0.457 e. The Morgan fingerprint density at radius 1 is 1.30 bits per heavy atom. The normalized spacial score (nSPS) is 23.3. The van der Waals surface area contributed by atoms with Crippen LogP contribution in [0.1, 0.15) is 50.3 Å². The summed E-state index contributed by atoms with van der Waals surface area (Å²) < 4.78 is 12.6. The number of carbonyl (C=O) groups excluding carboxylic acids is 1. The van der Waals surface area contributed by atoms with Gasteiger partial charge < -0.3 is 4.74 Å². The Morgan fingerprint density at radius 2 is 2.07 bits per heavy atom. The minimum absolute atomic E-state index is 0.00686. The number of ether oxygens (including phenoxy) is 1. The summed E-state index contributed by atoms with van der Waals surface area (Å²) in [6.45, 7) is 6.72. The number of nitrogens with zero attached hydrogens (tertiary/aromatic N) is 2. The van der Waals surface area contributed by atoms with Crippen LogP contribution in [-0.2, 0) is 4.74 Å². The molecule has 0 aliphatic heterocycles. The van der Waals surface area contributed by atoms with E-state index in [0.717, 1.165) is 29.1 Å². The van der Waals surface area contributed by atoms with Gasteiger partial charge in [0.15, 0.2) is 10.4 Å². The highest BCUT2D eigenvalue weighted by molar-refractivity contribution is 7.29. The predicted molar refractivity (Wildman–Crippen MR) is 112 cm³/mol. The molecule has 0 N–H and O–H groups in total. The molecule has 3 atom stereocenters. The summed E-state index contributed by atoms with van der Waals surface area (Å²) in [5.74, 6) is 1.36. The van der Waals surface area contributed by atoms with E-state index in [9.17, 15) is 4.79 Å². The van der Waals surface area contributed by atoms with Gasteiger partial charge in [0.1, 0.15) is 6.10 Å². The van der Waals surface area contributed by atoms with Crippen molar-refractivity contribution in [2.24, 2.45) is 17.8 Å². The van der Waals surface area contributed by atoms with Crippen molar-refractivity contribution in [2.45, 2.75) is 46.1 Å². The van der Waals surface area contributed by atoms with Gasteiger partial charge in [-0.15, -0.1) is 11.3 Å². The number of fused-ring (bicyclic) bond motifs is 1. The van der Waals surface area contributed by atoms with Gasteiger partial charge in [0.05, 0.1) is 14.0 Å². The Hall–Kier alpha value is -1.71. The summed E-state index contributed by atoms with van der Waals surface area (Å²) in [6.07, 6.45) is 3.33. The van der Waals surface area contributed by atoms with E-state index in [2.05, 4.69) is 43.0 Å². The lowest BCUT2D eigenvalue weighted by atomic mass is 9.75. The predicted octanol–water partition coefficient (Wildman–Crippen LogP) is 6.26. The summed E-state index contributed by atoms with van der Waals surface area (Å²) >= 11 is 1.57. The molecule has 27 heavy (non-hydrogen) atoms. The maximum Gasteiger partial charge on any atom is 0.362 e. The highest BCUT2D eigenvalue weighted by atomic mass is 32.1. The molecule has 2 aromatic heterocycles. The monoisotopic (exact) mass is 400 g/mol. The second-order valence-corrected chi connectivity index (χ2v) is 9.56. The number of rotatable bonds is 4. The van der Waals surface area contributed by atoms with Crippen LogP contribution in [0.2, 0.25) is 0 Å². The van der Waals surface area contributed by atoms with Crippen LogP contribution >= 0.6 is 19.7 Å². The van der Waals surface area contributed by atoms with Gasteiger partial charge in [-0.2, -0.15) is 4.75 Å². The zero-order valence-electron chi connectivity index (χ0n) is 16.0. The topological polar surface area (TPSA) is 43.6 Å². The molecule has 1 aliphatic rings. The minimum Gasteiger partial charge on any atom is -0.457 e. The van der Waals surface area contributed by atoms with E-state index in [-0.39, 0.29) is 12.1 Å². The van der Waals surface area contributed by atoms with Gasteiger partial charge in [-0.1, -0.05) is 57.5 Å². The van der Waals surface area contributed by atoms with Crippen molar-refractivity contribution in [1.29, 1.82) is 0 Å². The Bertz CT molecular complexity index is 934. The van der Waals surface area contributed by atoms with Crippen molar-refractivity contribution in [3.63, 3.8) is 0 Å². The summed E-state index contributed by atoms with van der Waals surface area (Å²) in [5, 5.41) is 2.07. The molecule has 0 amide bonds. The molecule has 1 aliphatic carbocycles. The van der Waals surface area contributed by atoms with Crippen LogP contribution < -0.4 is 0 Å². The van der Waals surface area contributed by atoms with Gasteiger partial charge in [-0.05, 0) is 36.2 Å². The van der Waals surface area contributed by atoms with Crippen molar-refractivity contribution in [1.82, 2.24) is 9.15 Å². The molecule has 1 aromatic carbocycles. The maximum atomic E-state index is 13.1. The molecule has 0 unspecified atom stereocenters. The molecule has 142 valence electrons. The molecule has 0 saturated heterocycles. The van der Waals surface area contributed by atoms with Crippen molar-refractivity contribution in [3.05, 3.63) is 41.1 Å². The molecule has 0 radical (unpaired) electrons. The number of benzene rings is 1. The number of thiazole rings is 1. The first kappa shape index (κ1) is 18.6. The average Bonchev–Trinajstić information content (AvgIpc) is 3.24. The van der Waals surface area contributed by atoms with E-state index in [1.54, 1.807) is 11.3 Å². The average molecular weight is 400 g/mol. The van der Waals surface area contributed by atoms with E-state index in [4.69, 9.17) is 4.74 Å². The number of carbonyl (C=O) groups is 1. The van der Waals surface area contributed by atoms with Crippen LogP contribution in [0.5, 0.6) is 0 Å². The summed E-state index contributed by atoms with van der Waals surface area (Å²) in [6, 6.07) is 10.1. The van der Waals surface area contributed by atoms with E-state index in [1.165, 1.54) is 6.42 Å². The van der Waals surface area contributed by atoms with Crippen molar-refractivity contribution >= 4 is 30.6 Å². The van der Waals surface area contributed by atoms with Gasteiger partial charge in [0.25, 0.3) is 0 Å². The van der Waals surface area contributed by atoms with Crippen molar-refractivity contribution < 1.29 is 9.53 Å². The Balaban J connectivity index is 1.64. The highest BCUT2D eigenvalue weighted by Crippen LogP contribution is 2.37. The molecule has 4 rings (SSSR count). The van der Waals surface area contributed by atoms with Crippen LogP contribution in [0.15, 0.2) is 35.7 Å². The molecule has 4 nitrogen and oxygen atoms in total. The Labute approximate surface area is 165 Å². The van der Waals surface area contributed by atoms with Crippen LogP contribution in [0.4, 0.5) is 0 Å². The zero-order valence-corrected chi connectivity index (χ0v) is 17.7. The van der Waals surface area contributed by atoms with Gasteiger partial charge in [-0.3, -0.25) is 4.40 Å². The molecule has 0 bridgehead atoms. The van der Waals surface area contributed by atoms with E-state index in [0.29, 0.717) is 31.5 Å². The van der Waals surface area contributed by atoms with E-state index < -0.39 is 0 Å². The second kappa shape index (κ2) is 7.73. The lowest BCUT2D eigenvalue weighted by Crippen LogP contribution is -2.36. The fraction of sp³-hybridized carbons (Fsp3) is 0.476. The molecule has 3 aromatic rings. The second-order valence-electron chi connectivity index (χ2n) is 7.90. The van der Waals surface area contributed by atoms with E-state index >= 15 is 0 Å². The fourth-order valence-corrected chi connectivity index (χ4v) is 5.93. The molecule has 6 heteroatoms. The molecular formula is C21H25N2O2PS. The third-order valence-electron chi connectivity index (χ3n) is 5.62. The molecule has 2 heterocycles. The van der Waals surface area contributed by atoms with Gasteiger partial charge in [0.2, 0.25) is 0 Å². The van der Waals surface area contributed by atoms with Crippen molar-refractivity contribution in [2.75, 3.05) is 0 Å².